The molecule has 1 N–H and O–H groups in total. The van der Waals surface area contributed by atoms with Crippen molar-refractivity contribution in [3.8, 4) is 0 Å². The highest BCUT2D eigenvalue weighted by Gasteiger charge is 2.21. The third kappa shape index (κ3) is 2.06. The van der Waals surface area contributed by atoms with Gasteiger partial charge >= 0.3 is 0 Å². The van der Waals surface area contributed by atoms with Gasteiger partial charge in [0.05, 0.1) is 5.39 Å². The van der Waals surface area contributed by atoms with Crippen LogP contribution in [0, 0.1) is 0 Å². The molecule has 0 amide bonds. The number of thioether (sulfide) groups is 1. The van der Waals surface area contributed by atoms with E-state index in [1.54, 1.807) is 18.1 Å². The van der Waals surface area contributed by atoms with Crippen molar-refractivity contribution < 1.29 is 0 Å². The Kier molecular flexibility index (Phi) is 3.03. The number of hydrogen-bond acceptors (Lipinski definition) is 5. The first-order chi connectivity index (χ1) is 10.4. The topological polar surface area (TPSA) is 57.7 Å². The Labute approximate surface area is 126 Å². The van der Waals surface area contributed by atoms with Crippen LogP contribution in [0.1, 0.15) is 11.1 Å². The van der Waals surface area contributed by atoms with Crippen LogP contribution >= 0.6 is 11.8 Å². The van der Waals surface area contributed by atoms with Gasteiger partial charge in [0.1, 0.15) is 17.2 Å². The molecule has 2 aromatic heterocycles. The maximum absolute atomic E-state index is 4.53. The van der Waals surface area contributed by atoms with Crippen molar-refractivity contribution in [3.05, 3.63) is 41.7 Å². The third-order valence-electron chi connectivity index (χ3n) is 3.93. The van der Waals surface area contributed by atoms with E-state index in [9.17, 15) is 0 Å². The van der Waals surface area contributed by atoms with Gasteiger partial charge in [-0.25, -0.2) is 9.97 Å². The number of fused-ring (bicyclic) bond motifs is 2. The van der Waals surface area contributed by atoms with Crippen molar-refractivity contribution in [3.63, 3.8) is 0 Å². The molecular weight excluding hydrogens is 282 g/mol. The van der Waals surface area contributed by atoms with Crippen molar-refractivity contribution >= 4 is 28.6 Å². The van der Waals surface area contributed by atoms with Crippen LogP contribution in [-0.2, 0) is 13.0 Å². The Hall–Kier alpha value is -2.08. The summed E-state index contributed by atoms with van der Waals surface area (Å²) in [5, 5.41) is 9.30. The van der Waals surface area contributed by atoms with E-state index in [-0.39, 0.29) is 0 Å². The maximum Gasteiger partial charge on any atom is 0.161 e. The summed E-state index contributed by atoms with van der Waals surface area (Å²) in [5.74, 6) is 0.979. The molecule has 3 heterocycles. The zero-order chi connectivity index (χ0) is 14.2. The highest BCUT2D eigenvalue weighted by Crippen LogP contribution is 2.32. The minimum Gasteiger partial charge on any atom is -0.351 e. The second kappa shape index (κ2) is 5.04. The summed E-state index contributed by atoms with van der Waals surface area (Å²) in [6, 6.07) is 8.63. The number of aromatic nitrogens is 4. The van der Waals surface area contributed by atoms with Crippen LogP contribution < -0.4 is 4.90 Å². The van der Waals surface area contributed by atoms with Gasteiger partial charge in [-0.3, -0.25) is 5.10 Å². The summed E-state index contributed by atoms with van der Waals surface area (Å²) >= 11 is 1.62. The third-order valence-corrected chi connectivity index (χ3v) is 4.61. The van der Waals surface area contributed by atoms with Crippen molar-refractivity contribution in [1.29, 1.82) is 0 Å². The molecule has 0 atom stereocenters. The van der Waals surface area contributed by atoms with Crippen LogP contribution in [0.25, 0.3) is 11.0 Å². The Morgan fingerprint density at radius 3 is 2.90 bits per heavy atom. The van der Waals surface area contributed by atoms with Gasteiger partial charge in [-0.1, -0.05) is 24.3 Å². The predicted octanol–water partition coefficient (Wildman–Crippen LogP) is 2.64. The molecule has 0 bridgehead atoms. The number of nitrogens with one attached hydrogen (secondary N) is 1. The van der Waals surface area contributed by atoms with Gasteiger partial charge in [-0.15, -0.1) is 11.8 Å². The lowest BCUT2D eigenvalue weighted by Gasteiger charge is -2.30. The highest BCUT2D eigenvalue weighted by molar-refractivity contribution is 7.98. The molecule has 0 radical (unpaired) electrons. The maximum atomic E-state index is 4.53. The molecule has 5 nitrogen and oxygen atoms in total. The number of H-pyrrole nitrogens is 1. The van der Waals surface area contributed by atoms with E-state index in [0.717, 1.165) is 41.4 Å². The summed E-state index contributed by atoms with van der Waals surface area (Å²) < 4.78 is 0. The fraction of sp³-hybridized carbons (Fsp3) is 0.267. The number of nitrogens with zero attached hydrogens (tertiary/aromatic N) is 4. The van der Waals surface area contributed by atoms with Crippen LogP contribution in [0.5, 0.6) is 0 Å². The minimum atomic E-state index is 0.809. The number of benzene rings is 1. The van der Waals surface area contributed by atoms with E-state index in [1.165, 1.54) is 11.1 Å². The molecule has 0 saturated carbocycles. The van der Waals surface area contributed by atoms with Gasteiger partial charge < -0.3 is 4.90 Å². The minimum absolute atomic E-state index is 0.809. The molecule has 1 aromatic carbocycles. The molecule has 106 valence electrons. The van der Waals surface area contributed by atoms with Crippen molar-refractivity contribution in [1.82, 2.24) is 20.2 Å². The summed E-state index contributed by atoms with van der Waals surface area (Å²) in [4.78, 5) is 11.1. The number of aromatic amines is 1. The first-order valence-corrected chi connectivity index (χ1v) is 8.14. The predicted molar refractivity (Wildman–Crippen MR) is 84.7 cm³/mol. The normalized spacial score (nSPS) is 14.4. The van der Waals surface area contributed by atoms with Gasteiger partial charge in [0, 0.05) is 13.1 Å². The lowest BCUT2D eigenvalue weighted by atomic mass is 10.00. The Morgan fingerprint density at radius 1 is 1.19 bits per heavy atom. The number of rotatable bonds is 2. The van der Waals surface area contributed by atoms with Gasteiger partial charge in [0.25, 0.3) is 0 Å². The van der Waals surface area contributed by atoms with Gasteiger partial charge in [0.2, 0.25) is 0 Å². The van der Waals surface area contributed by atoms with Crippen LogP contribution in [0.15, 0.2) is 35.6 Å². The Balaban J connectivity index is 1.79. The molecular formula is C15H15N5S. The molecule has 6 heteroatoms. The average molecular weight is 297 g/mol. The standard InChI is InChI=1S/C15H15N5S/c1-21-15-12-13(18-19-15)16-9-17-14(12)20-7-6-10-4-2-3-5-11(10)8-20/h2-5,9H,6-8H2,1H3,(H,16,17,18,19). The van der Waals surface area contributed by atoms with Crippen molar-refractivity contribution in [2.45, 2.75) is 18.0 Å². The highest BCUT2D eigenvalue weighted by atomic mass is 32.2. The largest absolute Gasteiger partial charge is 0.351 e. The van der Waals surface area contributed by atoms with E-state index < -0.39 is 0 Å². The van der Waals surface area contributed by atoms with E-state index in [4.69, 9.17) is 0 Å². The summed E-state index contributed by atoms with van der Waals surface area (Å²) in [6.07, 6.45) is 4.69. The number of hydrogen-bond donors (Lipinski definition) is 1. The number of anilines is 1. The van der Waals surface area contributed by atoms with Crippen LogP contribution in [0.2, 0.25) is 0 Å². The average Bonchev–Trinajstić information content (AvgIpc) is 2.97. The van der Waals surface area contributed by atoms with Gasteiger partial charge in [0.15, 0.2) is 5.65 Å². The summed E-state index contributed by atoms with van der Waals surface area (Å²) in [5.41, 5.74) is 3.63. The van der Waals surface area contributed by atoms with Crippen LogP contribution in [0.3, 0.4) is 0 Å². The summed E-state index contributed by atoms with van der Waals surface area (Å²) in [6.45, 7) is 1.86. The monoisotopic (exact) mass is 297 g/mol. The zero-order valence-corrected chi connectivity index (χ0v) is 12.5. The molecule has 1 aliphatic heterocycles. The Morgan fingerprint density at radius 2 is 2.05 bits per heavy atom. The van der Waals surface area contributed by atoms with Crippen molar-refractivity contribution in [2.75, 3.05) is 17.7 Å². The Bertz CT molecular complexity index is 798. The van der Waals surface area contributed by atoms with E-state index in [0.29, 0.717) is 0 Å². The van der Waals surface area contributed by atoms with E-state index in [1.807, 2.05) is 6.26 Å². The second-order valence-corrected chi connectivity index (χ2v) is 5.89. The molecule has 0 spiro atoms. The second-order valence-electron chi connectivity index (χ2n) is 5.09. The van der Waals surface area contributed by atoms with Gasteiger partial charge in [-0.05, 0) is 23.8 Å². The first-order valence-electron chi connectivity index (χ1n) is 6.91. The molecule has 4 rings (SSSR count). The van der Waals surface area contributed by atoms with E-state index in [2.05, 4.69) is 49.3 Å². The van der Waals surface area contributed by atoms with Crippen LogP contribution in [-0.4, -0.2) is 33.0 Å². The van der Waals surface area contributed by atoms with E-state index >= 15 is 0 Å². The van der Waals surface area contributed by atoms with Crippen molar-refractivity contribution in [2.24, 2.45) is 0 Å². The molecule has 0 aliphatic carbocycles. The molecule has 3 aromatic rings. The molecule has 21 heavy (non-hydrogen) atoms. The molecule has 0 fully saturated rings. The fourth-order valence-corrected chi connectivity index (χ4v) is 3.41. The smallest absolute Gasteiger partial charge is 0.161 e. The van der Waals surface area contributed by atoms with Gasteiger partial charge in [-0.2, -0.15) is 5.10 Å². The quantitative estimate of drug-likeness (QED) is 0.737. The zero-order valence-electron chi connectivity index (χ0n) is 11.7. The summed E-state index contributed by atoms with van der Waals surface area (Å²) in [7, 11) is 0. The SMILES string of the molecule is CSc1n[nH]c2ncnc(N3CCc4ccccc4C3)c12. The molecule has 1 aliphatic rings. The lowest BCUT2D eigenvalue weighted by Crippen LogP contribution is -2.31. The fourth-order valence-electron chi connectivity index (χ4n) is 2.88. The first kappa shape index (κ1) is 12.6. The molecule has 0 unspecified atom stereocenters. The molecule has 0 saturated heterocycles. The lowest BCUT2D eigenvalue weighted by molar-refractivity contribution is 0.722. The van der Waals surface area contributed by atoms with Crippen LogP contribution in [0.4, 0.5) is 5.82 Å².